The molecule has 0 aliphatic rings. The molecule has 2 aromatic rings. The number of aryl methyl sites for hydroxylation is 1. The fraction of sp³-hybridized carbons (Fsp3) is 0.214. The van der Waals surface area contributed by atoms with Crippen molar-refractivity contribution in [2.75, 3.05) is 13.9 Å². The molecule has 0 saturated heterocycles. The first kappa shape index (κ1) is 11.6. The van der Waals surface area contributed by atoms with Gasteiger partial charge in [0.05, 0.1) is 0 Å². The van der Waals surface area contributed by atoms with Gasteiger partial charge in [-0.1, -0.05) is 24.3 Å². The van der Waals surface area contributed by atoms with E-state index in [2.05, 4.69) is 0 Å². The summed E-state index contributed by atoms with van der Waals surface area (Å²) in [6.07, 6.45) is 0.870. The highest BCUT2D eigenvalue weighted by Gasteiger charge is 2.09. The quantitative estimate of drug-likeness (QED) is 0.598. The Hall–Kier alpha value is -1.87. The van der Waals surface area contributed by atoms with Crippen molar-refractivity contribution in [3.8, 4) is 5.75 Å². The Labute approximate surface area is 100.0 Å². The third kappa shape index (κ3) is 2.15. The summed E-state index contributed by atoms with van der Waals surface area (Å²) in [6, 6.07) is 9.53. The molecule has 0 heterocycles. The van der Waals surface area contributed by atoms with Gasteiger partial charge in [0.1, 0.15) is 5.75 Å². The molecule has 0 atom stereocenters. The Morgan fingerprint density at radius 3 is 2.59 bits per heavy atom. The second-order valence-corrected chi connectivity index (χ2v) is 3.83. The van der Waals surface area contributed by atoms with Crippen LogP contribution in [0.25, 0.3) is 10.8 Å². The smallest absolute Gasteiger partial charge is 0.188 e. The number of fused-ring (bicyclic) bond motifs is 1. The van der Waals surface area contributed by atoms with Crippen LogP contribution in [-0.2, 0) is 4.74 Å². The minimum atomic E-state index is 0.200. The SMILES string of the molecule is COCOc1c(C)cc(C=O)c2ccccc12. The third-order valence-corrected chi connectivity index (χ3v) is 2.66. The lowest BCUT2D eigenvalue weighted by molar-refractivity contribution is 0.0517. The van der Waals surface area contributed by atoms with E-state index in [1.807, 2.05) is 37.3 Å². The summed E-state index contributed by atoms with van der Waals surface area (Å²) in [4.78, 5) is 11.0. The van der Waals surface area contributed by atoms with Gasteiger partial charge in [0.15, 0.2) is 13.1 Å². The van der Waals surface area contributed by atoms with Crippen LogP contribution in [-0.4, -0.2) is 20.2 Å². The van der Waals surface area contributed by atoms with Crippen molar-refractivity contribution in [1.82, 2.24) is 0 Å². The summed E-state index contributed by atoms with van der Waals surface area (Å²) >= 11 is 0. The molecule has 3 nitrogen and oxygen atoms in total. The van der Waals surface area contributed by atoms with Crippen LogP contribution < -0.4 is 4.74 Å². The van der Waals surface area contributed by atoms with Crippen molar-refractivity contribution in [3.63, 3.8) is 0 Å². The molecule has 0 unspecified atom stereocenters. The van der Waals surface area contributed by atoms with E-state index in [9.17, 15) is 4.79 Å². The molecule has 2 aromatic carbocycles. The van der Waals surface area contributed by atoms with E-state index in [1.54, 1.807) is 7.11 Å². The van der Waals surface area contributed by atoms with Gasteiger partial charge in [-0.25, -0.2) is 0 Å². The van der Waals surface area contributed by atoms with Crippen LogP contribution in [0.3, 0.4) is 0 Å². The first-order valence-electron chi connectivity index (χ1n) is 5.37. The van der Waals surface area contributed by atoms with Gasteiger partial charge in [0, 0.05) is 18.1 Å². The summed E-state index contributed by atoms with van der Waals surface area (Å²) in [6.45, 7) is 2.12. The van der Waals surface area contributed by atoms with E-state index >= 15 is 0 Å². The molecule has 0 aromatic heterocycles. The highest BCUT2D eigenvalue weighted by Crippen LogP contribution is 2.31. The van der Waals surface area contributed by atoms with E-state index in [0.29, 0.717) is 5.56 Å². The predicted molar refractivity (Wildman–Crippen MR) is 66.6 cm³/mol. The number of hydrogen-bond donors (Lipinski definition) is 0. The largest absolute Gasteiger partial charge is 0.467 e. The van der Waals surface area contributed by atoms with Gasteiger partial charge in [-0.3, -0.25) is 4.79 Å². The Bertz CT molecular complexity index is 546. The number of carbonyl (C=O) groups is 1. The summed E-state index contributed by atoms with van der Waals surface area (Å²) in [5, 5.41) is 1.84. The van der Waals surface area contributed by atoms with Crippen LogP contribution in [0.4, 0.5) is 0 Å². The molecule has 0 aliphatic heterocycles. The molecule has 0 spiro atoms. The van der Waals surface area contributed by atoms with Crippen LogP contribution >= 0.6 is 0 Å². The summed E-state index contributed by atoms with van der Waals surface area (Å²) in [7, 11) is 1.58. The molecular weight excluding hydrogens is 216 g/mol. The van der Waals surface area contributed by atoms with Crippen molar-refractivity contribution in [1.29, 1.82) is 0 Å². The minimum Gasteiger partial charge on any atom is -0.467 e. The second-order valence-electron chi connectivity index (χ2n) is 3.83. The van der Waals surface area contributed by atoms with Crippen LogP contribution in [0.1, 0.15) is 15.9 Å². The summed E-state index contributed by atoms with van der Waals surface area (Å²) in [5.41, 5.74) is 1.62. The van der Waals surface area contributed by atoms with Crippen molar-refractivity contribution in [3.05, 3.63) is 41.5 Å². The topological polar surface area (TPSA) is 35.5 Å². The average molecular weight is 230 g/mol. The maximum absolute atomic E-state index is 11.0. The third-order valence-electron chi connectivity index (χ3n) is 2.66. The molecule has 0 radical (unpaired) electrons. The molecule has 0 aliphatic carbocycles. The lowest BCUT2D eigenvalue weighted by Crippen LogP contribution is -2.02. The van der Waals surface area contributed by atoms with Gasteiger partial charge in [-0.15, -0.1) is 0 Å². The Kier molecular flexibility index (Phi) is 3.40. The molecule has 88 valence electrons. The number of carbonyl (C=O) groups excluding carboxylic acids is 1. The monoisotopic (exact) mass is 230 g/mol. The molecule has 0 N–H and O–H groups in total. The average Bonchev–Trinajstić information content (AvgIpc) is 2.37. The van der Waals surface area contributed by atoms with Gasteiger partial charge in [0.2, 0.25) is 0 Å². The van der Waals surface area contributed by atoms with Crippen molar-refractivity contribution < 1.29 is 14.3 Å². The molecule has 0 saturated carbocycles. The predicted octanol–water partition coefficient (Wildman–Crippen LogP) is 2.94. The number of hydrogen-bond acceptors (Lipinski definition) is 3. The fourth-order valence-corrected chi connectivity index (χ4v) is 1.93. The van der Waals surface area contributed by atoms with Crippen LogP contribution in [0, 0.1) is 6.92 Å². The Balaban J connectivity index is 2.66. The van der Waals surface area contributed by atoms with Crippen molar-refractivity contribution in [2.45, 2.75) is 6.92 Å². The van der Waals surface area contributed by atoms with Gasteiger partial charge in [0.25, 0.3) is 0 Å². The summed E-state index contributed by atoms with van der Waals surface area (Å²) < 4.78 is 10.5. The Morgan fingerprint density at radius 1 is 1.24 bits per heavy atom. The number of aldehydes is 1. The van der Waals surface area contributed by atoms with E-state index in [-0.39, 0.29) is 6.79 Å². The van der Waals surface area contributed by atoms with E-state index in [0.717, 1.165) is 28.4 Å². The lowest BCUT2D eigenvalue weighted by Gasteiger charge is -2.12. The molecule has 0 fully saturated rings. The normalized spacial score (nSPS) is 10.5. The lowest BCUT2D eigenvalue weighted by atomic mass is 10.0. The molecular formula is C14H14O3. The van der Waals surface area contributed by atoms with Gasteiger partial charge in [-0.2, -0.15) is 0 Å². The van der Waals surface area contributed by atoms with Crippen LogP contribution in [0.15, 0.2) is 30.3 Å². The highest BCUT2D eigenvalue weighted by atomic mass is 16.7. The maximum Gasteiger partial charge on any atom is 0.188 e. The number of ether oxygens (including phenoxy) is 2. The number of rotatable bonds is 4. The first-order chi connectivity index (χ1) is 8.27. The maximum atomic E-state index is 11.0. The zero-order chi connectivity index (χ0) is 12.3. The number of benzene rings is 2. The summed E-state index contributed by atoms with van der Waals surface area (Å²) in [5.74, 6) is 0.771. The standard InChI is InChI=1S/C14H14O3/c1-10-7-11(8-15)12-5-3-4-6-13(12)14(10)17-9-16-2/h3-8H,9H2,1-2H3. The van der Waals surface area contributed by atoms with Gasteiger partial charge < -0.3 is 9.47 Å². The van der Waals surface area contributed by atoms with E-state index < -0.39 is 0 Å². The van der Waals surface area contributed by atoms with Crippen LogP contribution in [0.2, 0.25) is 0 Å². The van der Waals surface area contributed by atoms with Crippen molar-refractivity contribution in [2.24, 2.45) is 0 Å². The molecule has 0 amide bonds. The van der Waals surface area contributed by atoms with Gasteiger partial charge >= 0.3 is 0 Å². The molecule has 3 heteroatoms. The van der Waals surface area contributed by atoms with E-state index in [4.69, 9.17) is 9.47 Å². The molecule has 0 bridgehead atoms. The second kappa shape index (κ2) is 4.97. The highest BCUT2D eigenvalue weighted by molar-refractivity contribution is 6.01. The zero-order valence-corrected chi connectivity index (χ0v) is 9.90. The van der Waals surface area contributed by atoms with Gasteiger partial charge in [-0.05, 0) is 23.9 Å². The molecule has 17 heavy (non-hydrogen) atoms. The zero-order valence-electron chi connectivity index (χ0n) is 9.90. The van der Waals surface area contributed by atoms with E-state index in [1.165, 1.54) is 0 Å². The van der Waals surface area contributed by atoms with Crippen LogP contribution in [0.5, 0.6) is 5.75 Å². The number of methoxy groups -OCH3 is 1. The van der Waals surface area contributed by atoms with Crippen molar-refractivity contribution >= 4 is 17.1 Å². The fourth-order valence-electron chi connectivity index (χ4n) is 1.93. The minimum absolute atomic E-state index is 0.200. The Morgan fingerprint density at radius 2 is 1.94 bits per heavy atom. The first-order valence-corrected chi connectivity index (χ1v) is 5.37. The molecule has 2 rings (SSSR count).